The second kappa shape index (κ2) is 13.1. The van der Waals surface area contributed by atoms with Gasteiger partial charge in [0.05, 0.1) is 25.0 Å². The molecule has 0 atom stereocenters. The highest BCUT2D eigenvalue weighted by Gasteiger charge is 2.22. The zero-order valence-electron chi connectivity index (χ0n) is 22.0. The third kappa shape index (κ3) is 6.72. The number of anilines is 1. The van der Waals surface area contributed by atoms with E-state index in [2.05, 4.69) is 21.9 Å². The fourth-order valence-corrected chi connectivity index (χ4v) is 4.78. The molecule has 0 aliphatic carbocycles. The van der Waals surface area contributed by atoms with Gasteiger partial charge in [-0.3, -0.25) is 4.90 Å². The van der Waals surface area contributed by atoms with Crippen molar-refractivity contribution in [2.75, 3.05) is 51.3 Å². The number of ether oxygens (including phenoxy) is 5. The maximum Gasteiger partial charge on any atom is 0.270 e. The van der Waals surface area contributed by atoms with Crippen molar-refractivity contribution in [2.45, 2.75) is 25.7 Å². The molecule has 7 nitrogen and oxygen atoms in total. The molecule has 0 N–H and O–H groups in total. The van der Waals surface area contributed by atoms with Gasteiger partial charge in [0.1, 0.15) is 36.4 Å². The molecule has 0 spiro atoms. The van der Waals surface area contributed by atoms with Crippen LogP contribution in [0.5, 0.6) is 17.2 Å². The number of methoxy groups -OCH3 is 1. The number of nitrogens with zero attached hydrogens (tertiary/aromatic N) is 2. The predicted octanol–water partition coefficient (Wildman–Crippen LogP) is 5.77. The third-order valence-corrected chi connectivity index (χ3v) is 6.87. The molecule has 0 saturated carbocycles. The van der Waals surface area contributed by atoms with Crippen LogP contribution in [0.1, 0.15) is 30.3 Å². The Labute approximate surface area is 225 Å². The molecule has 200 valence electrons. The third-order valence-electron chi connectivity index (χ3n) is 6.87. The normalized spacial score (nSPS) is 15.7. The van der Waals surface area contributed by atoms with Gasteiger partial charge in [0.25, 0.3) is 6.29 Å². The van der Waals surface area contributed by atoms with Crippen LogP contribution in [0.2, 0.25) is 0 Å². The summed E-state index contributed by atoms with van der Waals surface area (Å²) in [6.45, 7) is 6.33. The smallest absolute Gasteiger partial charge is 0.270 e. The van der Waals surface area contributed by atoms with Crippen molar-refractivity contribution >= 4 is 5.69 Å². The van der Waals surface area contributed by atoms with Crippen LogP contribution in [0.4, 0.5) is 5.69 Å². The Kier molecular flexibility index (Phi) is 8.89. The quantitative estimate of drug-likeness (QED) is 0.283. The van der Waals surface area contributed by atoms with Crippen LogP contribution in [-0.4, -0.2) is 51.3 Å². The Hall–Kier alpha value is -3.84. The van der Waals surface area contributed by atoms with E-state index in [-0.39, 0.29) is 0 Å². The minimum absolute atomic E-state index is 0.498. The van der Waals surface area contributed by atoms with E-state index in [1.54, 1.807) is 19.6 Å². The Bertz CT molecular complexity index is 1170. The molecule has 5 rings (SSSR count). The molecule has 0 amide bonds. The number of piperazine rings is 1. The molecular formula is C31H36N2O5. The first-order chi connectivity index (χ1) is 18.8. The average Bonchev–Trinajstić information content (AvgIpc) is 3.52. The summed E-state index contributed by atoms with van der Waals surface area (Å²) < 4.78 is 28.9. The van der Waals surface area contributed by atoms with Gasteiger partial charge in [0, 0.05) is 26.2 Å². The summed E-state index contributed by atoms with van der Waals surface area (Å²) in [5.74, 6) is 2.45. The van der Waals surface area contributed by atoms with Crippen molar-refractivity contribution in [3.63, 3.8) is 0 Å². The molecule has 2 heterocycles. The van der Waals surface area contributed by atoms with Gasteiger partial charge < -0.3 is 28.6 Å². The summed E-state index contributed by atoms with van der Waals surface area (Å²) in [7, 11) is 1.74. The molecule has 1 saturated heterocycles. The van der Waals surface area contributed by atoms with Gasteiger partial charge in [0.2, 0.25) is 0 Å². The lowest BCUT2D eigenvalue weighted by atomic mass is 10.1. The minimum atomic E-state index is -0.523. The van der Waals surface area contributed by atoms with Crippen LogP contribution in [0.15, 0.2) is 85.3 Å². The fourth-order valence-electron chi connectivity index (χ4n) is 4.78. The van der Waals surface area contributed by atoms with Gasteiger partial charge in [0.15, 0.2) is 0 Å². The minimum Gasteiger partial charge on any atom is -0.495 e. The molecule has 0 aromatic heterocycles. The van der Waals surface area contributed by atoms with E-state index in [9.17, 15) is 0 Å². The average molecular weight is 517 g/mol. The zero-order valence-corrected chi connectivity index (χ0v) is 22.0. The van der Waals surface area contributed by atoms with Crippen LogP contribution >= 0.6 is 0 Å². The molecule has 0 bridgehead atoms. The fraction of sp³-hybridized carbons (Fsp3) is 0.355. The predicted molar refractivity (Wildman–Crippen MR) is 148 cm³/mol. The Balaban J connectivity index is 1.07. The van der Waals surface area contributed by atoms with Gasteiger partial charge in [-0.2, -0.15) is 0 Å². The number of hydrogen-bond acceptors (Lipinski definition) is 7. The van der Waals surface area contributed by atoms with Gasteiger partial charge in [-0.15, -0.1) is 0 Å². The highest BCUT2D eigenvalue weighted by molar-refractivity contribution is 5.58. The summed E-state index contributed by atoms with van der Waals surface area (Å²) in [5.41, 5.74) is 3.12. The molecule has 1 fully saturated rings. The summed E-state index contributed by atoms with van der Waals surface area (Å²) in [6.07, 6.45) is 4.65. The number of hydrogen-bond donors (Lipinski definition) is 0. The lowest BCUT2D eigenvalue weighted by Crippen LogP contribution is -2.46. The van der Waals surface area contributed by atoms with Crippen molar-refractivity contribution in [2.24, 2.45) is 0 Å². The first-order valence-corrected chi connectivity index (χ1v) is 13.3. The monoisotopic (exact) mass is 516 g/mol. The number of para-hydroxylation sites is 2. The van der Waals surface area contributed by atoms with Crippen molar-refractivity contribution in [1.82, 2.24) is 4.90 Å². The van der Waals surface area contributed by atoms with Gasteiger partial charge in [-0.05, 0) is 55.3 Å². The maximum absolute atomic E-state index is 6.17. The van der Waals surface area contributed by atoms with Crippen molar-refractivity contribution in [3.8, 4) is 17.2 Å². The molecule has 2 aliphatic rings. The van der Waals surface area contributed by atoms with E-state index in [0.29, 0.717) is 13.2 Å². The molecular weight excluding hydrogens is 480 g/mol. The van der Waals surface area contributed by atoms with E-state index < -0.39 is 6.29 Å². The summed E-state index contributed by atoms with van der Waals surface area (Å²) in [5, 5.41) is 0. The summed E-state index contributed by atoms with van der Waals surface area (Å²) in [6, 6.07) is 24.2. The second-order valence-electron chi connectivity index (χ2n) is 9.41. The van der Waals surface area contributed by atoms with Crippen LogP contribution in [0.3, 0.4) is 0 Å². The second-order valence-corrected chi connectivity index (χ2v) is 9.41. The van der Waals surface area contributed by atoms with Gasteiger partial charge in [-0.1, -0.05) is 42.5 Å². The summed E-state index contributed by atoms with van der Waals surface area (Å²) >= 11 is 0. The molecule has 0 radical (unpaired) electrons. The van der Waals surface area contributed by atoms with Crippen molar-refractivity contribution in [1.29, 1.82) is 0 Å². The van der Waals surface area contributed by atoms with E-state index in [1.807, 2.05) is 60.7 Å². The first kappa shape index (κ1) is 25.8. The lowest BCUT2D eigenvalue weighted by Gasteiger charge is -2.36. The van der Waals surface area contributed by atoms with Crippen LogP contribution < -0.4 is 19.1 Å². The van der Waals surface area contributed by atoms with Crippen LogP contribution in [0.25, 0.3) is 0 Å². The number of benzene rings is 3. The van der Waals surface area contributed by atoms with E-state index in [1.165, 1.54) is 5.69 Å². The molecule has 3 aromatic rings. The van der Waals surface area contributed by atoms with Crippen LogP contribution in [-0.2, 0) is 16.1 Å². The van der Waals surface area contributed by atoms with E-state index in [0.717, 1.165) is 73.9 Å². The van der Waals surface area contributed by atoms with E-state index in [4.69, 9.17) is 23.7 Å². The highest BCUT2D eigenvalue weighted by atomic mass is 16.7. The largest absolute Gasteiger partial charge is 0.495 e. The SMILES string of the molecule is COc1ccccc1N1CCN(CCCCOc2ccc(OCc3ccccc3)cc2C2OC=CO2)CC1. The Morgan fingerprint density at radius 2 is 1.55 bits per heavy atom. The van der Waals surface area contributed by atoms with Gasteiger partial charge in [-0.25, -0.2) is 0 Å². The maximum atomic E-state index is 6.17. The van der Waals surface area contributed by atoms with Crippen molar-refractivity contribution < 1.29 is 23.7 Å². The lowest BCUT2D eigenvalue weighted by molar-refractivity contribution is -0.0266. The van der Waals surface area contributed by atoms with Crippen molar-refractivity contribution in [3.05, 3.63) is 96.4 Å². The summed E-state index contributed by atoms with van der Waals surface area (Å²) in [4.78, 5) is 4.94. The zero-order chi connectivity index (χ0) is 26.0. The topological polar surface area (TPSA) is 52.6 Å². The first-order valence-electron chi connectivity index (χ1n) is 13.3. The number of unbranched alkanes of at least 4 members (excludes halogenated alkanes) is 1. The molecule has 38 heavy (non-hydrogen) atoms. The highest BCUT2D eigenvalue weighted by Crippen LogP contribution is 2.35. The molecule has 2 aliphatic heterocycles. The Morgan fingerprint density at radius 3 is 2.34 bits per heavy atom. The molecule has 7 heteroatoms. The standard InChI is InChI=1S/C31H36N2O5/c1-34-30-12-6-5-11-28(30)33-18-16-32(17-19-33)15-7-8-20-35-29-14-13-26(23-27(29)31-36-21-22-37-31)38-24-25-9-3-2-4-10-25/h2-6,9-14,21-23,31H,7-8,15-20,24H2,1H3. The van der Waals surface area contributed by atoms with Crippen LogP contribution in [0, 0.1) is 0 Å². The molecule has 3 aromatic carbocycles. The number of rotatable bonds is 12. The van der Waals surface area contributed by atoms with E-state index >= 15 is 0 Å². The van der Waals surface area contributed by atoms with Gasteiger partial charge >= 0.3 is 0 Å². The molecule has 0 unspecified atom stereocenters. The Morgan fingerprint density at radius 1 is 0.789 bits per heavy atom.